The molecule has 0 amide bonds. The molecular formula is C25H32IN7O. The normalized spacial score (nSPS) is 10.8. The van der Waals surface area contributed by atoms with Crippen molar-refractivity contribution in [2.24, 2.45) is 4.99 Å². The van der Waals surface area contributed by atoms with E-state index in [4.69, 9.17) is 10.5 Å². The van der Waals surface area contributed by atoms with Gasteiger partial charge in [0.2, 0.25) is 0 Å². The molecule has 0 radical (unpaired) electrons. The van der Waals surface area contributed by atoms with Crippen LogP contribution in [-0.4, -0.2) is 35.9 Å². The fourth-order valence-electron chi connectivity index (χ4n) is 3.49. The number of aryl methyl sites for hydroxylation is 2. The number of halogens is 1. The molecule has 0 aliphatic heterocycles. The molecule has 8 nitrogen and oxygen atoms in total. The number of aliphatic imine (C=N–C) groups is 1. The molecule has 0 bridgehead atoms. The summed E-state index contributed by atoms with van der Waals surface area (Å²) >= 11 is 0. The lowest BCUT2D eigenvalue weighted by atomic mass is 10.1. The molecule has 0 aliphatic carbocycles. The number of nitrogens with zero attached hydrogens (tertiary/aromatic N) is 4. The summed E-state index contributed by atoms with van der Waals surface area (Å²) in [7, 11) is 1.67. The zero-order chi connectivity index (χ0) is 23.6. The number of nitrogen functional groups attached to an aromatic ring is 1. The Hall–Kier alpha value is -3.26. The number of guanidine groups is 1. The van der Waals surface area contributed by atoms with Gasteiger partial charge in [-0.25, -0.2) is 9.67 Å². The van der Waals surface area contributed by atoms with Crippen LogP contribution in [0.2, 0.25) is 0 Å². The zero-order valence-corrected chi connectivity index (χ0v) is 22.2. The van der Waals surface area contributed by atoms with Crippen molar-refractivity contribution in [3.8, 4) is 17.5 Å². The smallest absolute Gasteiger partial charge is 0.191 e. The summed E-state index contributed by atoms with van der Waals surface area (Å²) in [6, 6.07) is 17.9. The predicted molar refractivity (Wildman–Crippen MR) is 147 cm³/mol. The number of anilines is 1. The van der Waals surface area contributed by atoms with Crippen LogP contribution in [-0.2, 0) is 13.0 Å². The highest BCUT2D eigenvalue weighted by molar-refractivity contribution is 14.0. The quantitative estimate of drug-likeness (QED) is 0.155. The van der Waals surface area contributed by atoms with E-state index in [1.54, 1.807) is 11.8 Å². The molecule has 0 saturated heterocycles. The van der Waals surface area contributed by atoms with Crippen LogP contribution in [0.5, 0.6) is 5.75 Å². The maximum atomic E-state index is 9.57. The summed E-state index contributed by atoms with van der Waals surface area (Å²) in [6.45, 7) is 6.01. The van der Waals surface area contributed by atoms with Gasteiger partial charge in [-0.05, 0) is 50.5 Å². The van der Waals surface area contributed by atoms with Crippen molar-refractivity contribution in [2.45, 2.75) is 33.2 Å². The summed E-state index contributed by atoms with van der Waals surface area (Å²) in [5.74, 6) is 1.94. The second kappa shape index (κ2) is 13.4. The predicted octanol–water partition coefficient (Wildman–Crippen LogP) is 3.95. The van der Waals surface area contributed by atoms with E-state index in [1.165, 1.54) is 0 Å². The van der Waals surface area contributed by atoms with Gasteiger partial charge >= 0.3 is 0 Å². The van der Waals surface area contributed by atoms with E-state index in [0.717, 1.165) is 41.5 Å². The third-order valence-electron chi connectivity index (χ3n) is 5.18. The monoisotopic (exact) mass is 573 g/mol. The minimum absolute atomic E-state index is 0. The zero-order valence-electron chi connectivity index (χ0n) is 19.8. The van der Waals surface area contributed by atoms with Gasteiger partial charge in [0.25, 0.3) is 0 Å². The van der Waals surface area contributed by atoms with Crippen molar-refractivity contribution in [1.29, 1.82) is 5.26 Å². The van der Waals surface area contributed by atoms with Crippen LogP contribution in [0.4, 0.5) is 5.82 Å². The molecule has 0 saturated carbocycles. The van der Waals surface area contributed by atoms with E-state index in [2.05, 4.69) is 32.9 Å². The van der Waals surface area contributed by atoms with Crippen molar-refractivity contribution < 1.29 is 4.74 Å². The Labute approximate surface area is 218 Å². The average molecular weight is 573 g/mol. The van der Waals surface area contributed by atoms with Crippen molar-refractivity contribution in [2.75, 3.05) is 25.9 Å². The Balaban J connectivity index is 0.00000408. The molecule has 3 rings (SSSR count). The second-order valence-corrected chi connectivity index (χ2v) is 7.61. The number of nitrogens with two attached hydrogens (primary N) is 1. The number of rotatable bonds is 9. The van der Waals surface area contributed by atoms with Crippen molar-refractivity contribution in [3.63, 3.8) is 0 Å². The van der Waals surface area contributed by atoms with Crippen LogP contribution in [0.15, 0.2) is 53.5 Å². The second-order valence-electron chi connectivity index (χ2n) is 7.61. The van der Waals surface area contributed by atoms with Crippen molar-refractivity contribution in [1.82, 2.24) is 20.4 Å². The molecule has 3 aromatic rings. The highest BCUT2D eigenvalue weighted by Crippen LogP contribution is 2.22. The van der Waals surface area contributed by atoms with Crippen LogP contribution >= 0.6 is 24.0 Å². The molecule has 180 valence electrons. The third-order valence-corrected chi connectivity index (χ3v) is 5.18. The first-order valence-electron chi connectivity index (χ1n) is 11.1. The lowest BCUT2D eigenvalue weighted by Crippen LogP contribution is -2.37. The molecule has 1 aromatic heterocycles. The SMILES string of the molecule is CCNC(=NCc1ccc(C)cc1OC)NCCCc1nn(-c2ccccc2)c(N)c1C#N.I. The van der Waals surface area contributed by atoms with Crippen LogP contribution in [0.1, 0.15) is 35.7 Å². The maximum Gasteiger partial charge on any atom is 0.191 e. The molecule has 0 unspecified atom stereocenters. The first-order chi connectivity index (χ1) is 16.1. The summed E-state index contributed by atoms with van der Waals surface area (Å²) in [6.07, 6.45) is 1.41. The number of benzene rings is 2. The first kappa shape index (κ1) is 27.0. The molecule has 0 atom stereocenters. The molecular weight excluding hydrogens is 541 g/mol. The Morgan fingerprint density at radius 2 is 1.97 bits per heavy atom. The summed E-state index contributed by atoms with van der Waals surface area (Å²) in [5.41, 5.74) is 10.3. The fraction of sp³-hybridized carbons (Fsp3) is 0.320. The first-order valence-corrected chi connectivity index (χ1v) is 11.1. The number of aromatic nitrogens is 2. The number of nitriles is 1. The fourth-order valence-corrected chi connectivity index (χ4v) is 3.49. The topological polar surface area (TPSA) is 113 Å². The third kappa shape index (κ3) is 6.87. The minimum atomic E-state index is 0. The van der Waals surface area contributed by atoms with Gasteiger partial charge in [0.15, 0.2) is 5.96 Å². The van der Waals surface area contributed by atoms with Crippen molar-refractivity contribution >= 4 is 35.8 Å². The minimum Gasteiger partial charge on any atom is -0.496 e. The Morgan fingerprint density at radius 1 is 1.21 bits per heavy atom. The van der Waals surface area contributed by atoms with Gasteiger partial charge in [0.05, 0.1) is 25.0 Å². The molecule has 1 heterocycles. The van der Waals surface area contributed by atoms with Gasteiger partial charge in [-0.1, -0.05) is 30.3 Å². The summed E-state index contributed by atoms with van der Waals surface area (Å²) in [4.78, 5) is 4.68. The number of hydrogen-bond acceptors (Lipinski definition) is 5. The Kier molecular flexibility index (Phi) is 10.7. The van der Waals surface area contributed by atoms with Crippen molar-refractivity contribution in [3.05, 3.63) is 70.9 Å². The lowest BCUT2D eigenvalue weighted by Gasteiger charge is -2.12. The van der Waals surface area contributed by atoms with Crippen LogP contribution in [0, 0.1) is 18.3 Å². The maximum absolute atomic E-state index is 9.57. The van der Waals surface area contributed by atoms with E-state index in [0.29, 0.717) is 36.6 Å². The summed E-state index contributed by atoms with van der Waals surface area (Å²) < 4.78 is 7.10. The molecule has 2 aromatic carbocycles. The van der Waals surface area contributed by atoms with E-state index >= 15 is 0 Å². The molecule has 0 aliphatic rings. The van der Waals surface area contributed by atoms with E-state index < -0.39 is 0 Å². The molecule has 0 fully saturated rings. The molecule has 9 heteroatoms. The van der Waals surface area contributed by atoms with E-state index in [1.807, 2.05) is 56.3 Å². The van der Waals surface area contributed by atoms with Crippen LogP contribution in [0.25, 0.3) is 5.69 Å². The van der Waals surface area contributed by atoms with Gasteiger partial charge < -0.3 is 21.1 Å². The van der Waals surface area contributed by atoms with Gasteiger partial charge in [-0.15, -0.1) is 24.0 Å². The Bertz CT molecular complexity index is 1140. The number of ether oxygens (including phenoxy) is 1. The molecule has 34 heavy (non-hydrogen) atoms. The van der Waals surface area contributed by atoms with Gasteiger partial charge in [-0.3, -0.25) is 0 Å². The van der Waals surface area contributed by atoms with Gasteiger partial charge in [0, 0.05) is 18.7 Å². The van der Waals surface area contributed by atoms with Crippen LogP contribution < -0.4 is 21.1 Å². The number of hydrogen-bond donors (Lipinski definition) is 3. The number of para-hydroxylation sites is 1. The largest absolute Gasteiger partial charge is 0.496 e. The standard InChI is InChI=1S/C25H31N7O.HI/c1-4-28-25(30-17-19-13-12-18(2)15-23(19)33-3)29-14-8-11-22-21(16-26)24(27)32(31-22)20-9-6-5-7-10-20;/h5-7,9-10,12-13,15H,4,8,11,14,17,27H2,1-3H3,(H2,28,29,30);1H. The highest BCUT2D eigenvalue weighted by Gasteiger charge is 2.16. The number of methoxy groups -OCH3 is 1. The average Bonchev–Trinajstić information content (AvgIpc) is 3.16. The lowest BCUT2D eigenvalue weighted by molar-refractivity contribution is 0.409. The van der Waals surface area contributed by atoms with E-state index in [-0.39, 0.29) is 24.0 Å². The van der Waals surface area contributed by atoms with Gasteiger partial charge in [-0.2, -0.15) is 10.4 Å². The molecule has 4 N–H and O–H groups in total. The molecule has 0 spiro atoms. The van der Waals surface area contributed by atoms with Gasteiger partial charge in [0.1, 0.15) is 23.2 Å². The van der Waals surface area contributed by atoms with E-state index in [9.17, 15) is 5.26 Å². The summed E-state index contributed by atoms with van der Waals surface area (Å²) in [5, 5.41) is 20.8. The highest BCUT2D eigenvalue weighted by atomic mass is 127. The Morgan fingerprint density at radius 3 is 2.65 bits per heavy atom. The van der Waals surface area contributed by atoms with Crippen LogP contribution in [0.3, 0.4) is 0 Å². The number of nitrogens with one attached hydrogen (secondary N) is 2.